The van der Waals surface area contributed by atoms with E-state index >= 15 is 0 Å². The number of halogens is 2. The largest absolute Gasteiger partial charge is 0.481 e. The van der Waals surface area contributed by atoms with Gasteiger partial charge in [0.1, 0.15) is 17.0 Å². The topological polar surface area (TPSA) is 63.1 Å². The van der Waals surface area contributed by atoms with Crippen molar-refractivity contribution in [2.45, 2.75) is 38.0 Å². The van der Waals surface area contributed by atoms with E-state index in [0.717, 1.165) is 12.0 Å². The molecule has 1 fully saturated rings. The molecule has 1 saturated carbocycles. The van der Waals surface area contributed by atoms with Gasteiger partial charge in [-0.3, -0.25) is 4.79 Å². The van der Waals surface area contributed by atoms with Crippen LogP contribution in [0, 0.1) is 17.0 Å². The van der Waals surface area contributed by atoms with E-state index in [4.69, 9.17) is 0 Å². The highest BCUT2D eigenvalue weighted by atomic mass is 19.1. The number of hydrogen-bond donors (Lipinski definition) is 1. The van der Waals surface area contributed by atoms with Gasteiger partial charge >= 0.3 is 5.97 Å². The first-order valence-electron chi connectivity index (χ1n) is 7.86. The predicted molar refractivity (Wildman–Crippen MR) is 82.5 cm³/mol. The Morgan fingerprint density at radius 2 is 1.92 bits per heavy atom. The van der Waals surface area contributed by atoms with Crippen LogP contribution in [0.5, 0.6) is 0 Å². The number of fused-ring (bicyclic) bond motifs is 5. The SMILES string of the molecule is CC1(C)[C@H]2CC[C@]1(C(=O)O)c1nnc(-c3c(F)cccc3F)cc12. The third-order valence-corrected chi connectivity index (χ3v) is 5.97. The summed E-state index contributed by atoms with van der Waals surface area (Å²) in [5.41, 5.74) is -0.516. The third kappa shape index (κ3) is 1.58. The van der Waals surface area contributed by atoms with Gasteiger partial charge in [-0.05, 0) is 47.9 Å². The molecule has 2 bridgehead atoms. The second-order valence-corrected chi connectivity index (χ2v) is 7.15. The highest BCUT2D eigenvalue weighted by molar-refractivity contribution is 5.86. The molecule has 0 saturated heterocycles. The van der Waals surface area contributed by atoms with Gasteiger partial charge in [-0.15, -0.1) is 5.10 Å². The van der Waals surface area contributed by atoms with E-state index in [1.165, 1.54) is 18.2 Å². The van der Waals surface area contributed by atoms with Gasteiger partial charge in [0.25, 0.3) is 0 Å². The fraction of sp³-hybridized carbons (Fsp3) is 0.389. The van der Waals surface area contributed by atoms with Gasteiger partial charge in [0.2, 0.25) is 0 Å². The van der Waals surface area contributed by atoms with Crippen molar-refractivity contribution >= 4 is 5.97 Å². The number of rotatable bonds is 2. The molecular weight excluding hydrogens is 314 g/mol. The summed E-state index contributed by atoms with van der Waals surface area (Å²) in [4.78, 5) is 12.0. The third-order valence-electron chi connectivity index (χ3n) is 5.97. The molecule has 1 N–H and O–H groups in total. The molecule has 0 aliphatic heterocycles. The average molecular weight is 330 g/mol. The first-order chi connectivity index (χ1) is 11.3. The standard InChI is InChI=1S/C18H16F2N2O2/c1-17(2)10-6-7-18(17,16(23)24)15-9(10)8-13(21-22-15)14-11(19)4-3-5-12(14)20/h3-5,8,10H,6-7H2,1-2H3,(H,23,24)/t10-,18+/m0/s1. The Bertz CT molecular complexity index is 861. The van der Waals surface area contributed by atoms with Crippen molar-refractivity contribution in [3.8, 4) is 11.3 Å². The summed E-state index contributed by atoms with van der Waals surface area (Å²) in [6, 6.07) is 5.24. The molecule has 1 aromatic heterocycles. The number of carbonyl (C=O) groups is 1. The minimum atomic E-state index is -1.08. The quantitative estimate of drug-likeness (QED) is 0.913. The number of hydrogen-bond acceptors (Lipinski definition) is 3. The van der Waals surface area contributed by atoms with Crippen LogP contribution in [0.1, 0.15) is 43.9 Å². The van der Waals surface area contributed by atoms with Gasteiger partial charge in [-0.25, -0.2) is 8.78 Å². The zero-order valence-electron chi connectivity index (χ0n) is 13.3. The maximum Gasteiger partial charge on any atom is 0.316 e. The average Bonchev–Trinajstić information content (AvgIpc) is 2.89. The first kappa shape index (κ1) is 15.2. The van der Waals surface area contributed by atoms with Gasteiger partial charge in [0, 0.05) is 0 Å². The molecule has 1 heterocycles. The van der Waals surface area contributed by atoms with Crippen LogP contribution in [0.3, 0.4) is 0 Å². The van der Waals surface area contributed by atoms with Gasteiger partial charge in [-0.2, -0.15) is 5.10 Å². The smallest absolute Gasteiger partial charge is 0.316 e. The first-order valence-corrected chi connectivity index (χ1v) is 7.86. The monoisotopic (exact) mass is 330 g/mol. The number of carboxylic acid groups (broad SMARTS) is 1. The highest BCUT2D eigenvalue weighted by Gasteiger charge is 2.67. The minimum absolute atomic E-state index is 0.00677. The van der Waals surface area contributed by atoms with Gasteiger partial charge in [-0.1, -0.05) is 19.9 Å². The minimum Gasteiger partial charge on any atom is -0.481 e. The second kappa shape index (κ2) is 4.59. The van der Waals surface area contributed by atoms with Crippen molar-refractivity contribution in [3.63, 3.8) is 0 Å². The predicted octanol–water partition coefficient (Wildman–Crippen LogP) is 3.66. The lowest BCUT2D eigenvalue weighted by atomic mass is 9.68. The molecule has 0 spiro atoms. The molecule has 2 aliphatic rings. The molecule has 2 aromatic rings. The Morgan fingerprint density at radius 3 is 2.54 bits per heavy atom. The van der Waals surface area contributed by atoms with E-state index in [2.05, 4.69) is 10.2 Å². The van der Waals surface area contributed by atoms with E-state index in [1.54, 1.807) is 6.07 Å². The summed E-state index contributed by atoms with van der Waals surface area (Å²) in [5, 5.41) is 17.9. The van der Waals surface area contributed by atoms with E-state index in [0.29, 0.717) is 12.1 Å². The van der Waals surface area contributed by atoms with E-state index in [-0.39, 0.29) is 17.2 Å². The van der Waals surface area contributed by atoms with E-state index < -0.39 is 28.4 Å². The molecule has 0 radical (unpaired) electrons. The maximum absolute atomic E-state index is 14.0. The maximum atomic E-state index is 14.0. The molecule has 0 amide bonds. The van der Waals surface area contributed by atoms with E-state index in [1.807, 2.05) is 13.8 Å². The molecular formula is C18H16F2N2O2. The molecule has 6 heteroatoms. The Morgan fingerprint density at radius 1 is 1.25 bits per heavy atom. The van der Waals surface area contributed by atoms with E-state index in [9.17, 15) is 18.7 Å². The molecule has 124 valence electrons. The summed E-state index contributed by atoms with van der Waals surface area (Å²) >= 11 is 0. The molecule has 0 unspecified atom stereocenters. The van der Waals surface area contributed by atoms with Crippen LogP contribution in [0.25, 0.3) is 11.3 Å². The molecule has 1 aromatic carbocycles. The Balaban J connectivity index is 1.94. The van der Waals surface area contributed by atoms with Crippen LogP contribution in [0.4, 0.5) is 8.78 Å². The van der Waals surface area contributed by atoms with Crippen molar-refractivity contribution in [1.82, 2.24) is 10.2 Å². The van der Waals surface area contributed by atoms with Crippen LogP contribution in [-0.2, 0) is 10.2 Å². The van der Waals surface area contributed by atoms with Gasteiger partial charge < -0.3 is 5.11 Å². The second-order valence-electron chi connectivity index (χ2n) is 7.15. The lowest BCUT2D eigenvalue weighted by molar-refractivity contribution is -0.147. The number of nitrogens with zero attached hydrogens (tertiary/aromatic N) is 2. The number of benzene rings is 1. The number of aliphatic carboxylic acids is 1. The van der Waals surface area contributed by atoms with Crippen molar-refractivity contribution in [1.29, 1.82) is 0 Å². The zero-order valence-corrected chi connectivity index (χ0v) is 13.3. The summed E-state index contributed by atoms with van der Waals surface area (Å²) in [6.07, 6.45) is 1.23. The number of carboxylic acids is 1. The summed E-state index contributed by atoms with van der Waals surface area (Å²) in [5.74, 6) is -2.33. The van der Waals surface area contributed by atoms with Crippen molar-refractivity contribution in [2.24, 2.45) is 5.41 Å². The Hall–Kier alpha value is -2.37. The molecule has 2 aliphatic carbocycles. The lowest BCUT2D eigenvalue weighted by Gasteiger charge is -2.33. The fourth-order valence-corrected chi connectivity index (χ4v) is 4.66. The Kier molecular flexibility index (Phi) is 2.90. The van der Waals surface area contributed by atoms with Crippen molar-refractivity contribution in [2.75, 3.05) is 0 Å². The summed E-state index contributed by atoms with van der Waals surface area (Å²) < 4.78 is 28.1. The Labute approximate surface area is 137 Å². The lowest BCUT2D eigenvalue weighted by Crippen LogP contribution is -2.43. The fourth-order valence-electron chi connectivity index (χ4n) is 4.66. The van der Waals surface area contributed by atoms with Crippen molar-refractivity contribution in [3.05, 3.63) is 47.2 Å². The highest BCUT2D eigenvalue weighted by Crippen LogP contribution is 2.67. The molecule has 4 nitrogen and oxygen atoms in total. The zero-order chi connectivity index (χ0) is 17.3. The van der Waals surface area contributed by atoms with Crippen LogP contribution >= 0.6 is 0 Å². The van der Waals surface area contributed by atoms with Crippen LogP contribution in [-0.4, -0.2) is 21.3 Å². The van der Waals surface area contributed by atoms with Gasteiger partial charge in [0.05, 0.1) is 17.0 Å². The normalized spacial score (nSPS) is 26.4. The van der Waals surface area contributed by atoms with Crippen LogP contribution in [0.2, 0.25) is 0 Å². The summed E-state index contributed by atoms with van der Waals surface area (Å²) in [7, 11) is 0. The van der Waals surface area contributed by atoms with Crippen LogP contribution < -0.4 is 0 Å². The molecule has 2 atom stereocenters. The number of aromatic nitrogens is 2. The van der Waals surface area contributed by atoms with Crippen LogP contribution in [0.15, 0.2) is 24.3 Å². The van der Waals surface area contributed by atoms with Gasteiger partial charge in [0.15, 0.2) is 0 Å². The molecule has 24 heavy (non-hydrogen) atoms. The molecule has 4 rings (SSSR count). The van der Waals surface area contributed by atoms with Crippen molar-refractivity contribution < 1.29 is 18.7 Å². The summed E-state index contributed by atoms with van der Waals surface area (Å²) in [6.45, 7) is 3.84.